The van der Waals surface area contributed by atoms with E-state index < -0.39 is 0 Å². The van der Waals surface area contributed by atoms with Crippen LogP contribution in [0.25, 0.3) is 0 Å². The Kier molecular flexibility index (Phi) is 8.84. The van der Waals surface area contributed by atoms with Gasteiger partial charge < -0.3 is 19.7 Å². The first-order chi connectivity index (χ1) is 14.4. The lowest BCUT2D eigenvalue weighted by atomic mass is 9.88. The van der Waals surface area contributed by atoms with Gasteiger partial charge in [-0.05, 0) is 64.2 Å². The highest BCUT2D eigenvalue weighted by atomic mass is 16.5. The highest BCUT2D eigenvalue weighted by Gasteiger charge is 2.33. The van der Waals surface area contributed by atoms with Crippen LogP contribution in [0.15, 0.2) is 4.99 Å². The Morgan fingerprint density at radius 2 is 1.80 bits per heavy atom. The molecule has 6 heteroatoms. The van der Waals surface area contributed by atoms with E-state index >= 15 is 0 Å². The van der Waals surface area contributed by atoms with E-state index in [2.05, 4.69) is 47.8 Å². The molecule has 3 atom stereocenters. The highest BCUT2D eigenvalue weighted by Crippen LogP contribution is 2.27. The van der Waals surface area contributed by atoms with E-state index in [1.165, 1.54) is 32.4 Å². The number of nitrogens with zero attached hydrogens (tertiary/aromatic N) is 3. The largest absolute Gasteiger partial charge is 0.376 e. The van der Waals surface area contributed by atoms with Crippen molar-refractivity contribution in [3.8, 4) is 0 Å². The third kappa shape index (κ3) is 6.83. The van der Waals surface area contributed by atoms with Crippen molar-refractivity contribution in [1.29, 1.82) is 0 Å². The van der Waals surface area contributed by atoms with E-state index in [0.29, 0.717) is 12.2 Å². The third-order valence-corrected chi connectivity index (χ3v) is 7.15. The Bertz CT molecular complexity index is 529. The first-order valence-corrected chi connectivity index (χ1v) is 12.3. The molecule has 0 saturated carbocycles. The number of aliphatic imine (C=N–C) groups is 1. The van der Waals surface area contributed by atoms with E-state index in [1.54, 1.807) is 0 Å². The molecule has 30 heavy (non-hydrogen) atoms. The quantitative estimate of drug-likeness (QED) is 0.525. The topological polar surface area (TPSA) is 49.3 Å². The molecular formula is C24H46N4O2. The molecule has 0 spiro atoms. The fourth-order valence-electron chi connectivity index (χ4n) is 5.31. The van der Waals surface area contributed by atoms with Crippen LogP contribution >= 0.6 is 0 Å². The summed E-state index contributed by atoms with van der Waals surface area (Å²) in [7, 11) is 1.91. The van der Waals surface area contributed by atoms with Crippen molar-refractivity contribution >= 4 is 5.96 Å². The van der Waals surface area contributed by atoms with Gasteiger partial charge in [-0.25, -0.2) is 0 Å². The van der Waals surface area contributed by atoms with Crippen molar-refractivity contribution in [2.45, 2.75) is 84.0 Å². The third-order valence-electron chi connectivity index (χ3n) is 7.15. The van der Waals surface area contributed by atoms with E-state index in [1.807, 2.05) is 7.05 Å². The van der Waals surface area contributed by atoms with Crippen LogP contribution in [-0.4, -0.2) is 86.5 Å². The smallest absolute Gasteiger partial charge is 0.193 e. The molecular weight excluding hydrogens is 376 g/mol. The lowest BCUT2D eigenvalue weighted by Crippen LogP contribution is -2.58. The zero-order valence-corrected chi connectivity index (χ0v) is 20.2. The standard InChI is InChI=1S/C24H46N4O2/c1-19-14-20(2)16-28(15-19)24(3,4)18-26-23(25-5)27-11-9-21(10-12-27)30-17-22-8-6-7-13-29-22/h19-22H,6-18H2,1-5H3,(H,25,26). The van der Waals surface area contributed by atoms with Crippen molar-refractivity contribution < 1.29 is 9.47 Å². The Hall–Kier alpha value is -0.850. The predicted octanol–water partition coefficient (Wildman–Crippen LogP) is 3.37. The number of nitrogens with one attached hydrogen (secondary N) is 1. The minimum Gasteiger partial charge on any atom is -0.376 e. The maximum Gasteiger partial charge on any atom is 0.193 e. The molecule has 0 aromatic heterocycles. The summed E-state index contributed by atoms with van der Waals surface area (Å²) < 4.78 is 12.0. The van der Waals surface area contributed by atoms with Crippen LogP contribution < -0.4 is 5.32 Å². The van der Waals surface area contributed by atoms with Crippen LogP contribution in [0.3, 0.4) is 0 Å². The molecule has 3 fully saturated rings. The molecule has 3 unspecified atom stereocenters. The number of hydrogen-bond donors (Lipinski definition) is 1. The minimum atomic E-state index is 0.125. The molecule has 0 aromatic rings. The van der Waals surface area contributed by atoms with Gasteiger partial charge in [-0.2, -0.15) is 0 Å². The number of guanidine groups is 1. The normalized spacial score (nSPS) is 30.5. The Morgan fingerprint density at radius 3 is 2.40 bits per heavy atom. The fraction of sp³-hybridized carbons (Fsp3) is 0.958. The second-order valence-electron chi connectivity index (χ2n) is 10.6. The van der Waals surface area contributed by atoms with Gasteiger partial charge in [-0.3, -0.25) is 9.89 Å². The van der Waals surface area contributed by atoms with Crippen molar-refractivity contribution in [1.82, 2.24) is 15.1 Å². The predicted molar refractivity (Wildman–Crippen MR) is 124 cm³/mol. The van der Waals surface area contributed by atoms with Gasteiger partial charge in [0.2, 0.25) is 0 Å². The van der Waals surface area contributed by atoms with Gasteiger partial charge in [-0.15, -0.1) is 0 Å². The summed E-state index contributed by atoms with van der Waals surface area (Å²) >= 11 is 0. The van der Waals surface area contributed by atoms with Crippen LogP contribution in [0.1, 0.15) is 66.2 Å². The number of ether oxygens (including phenoxy) is 2. The number of rotatable bonds is 6. The van der Waals surface area contributed by atoms with Gasteiger partial charge in [-0.1, -0.05) is 13.8 Å². The number of piperidine rings is 2. The second-order valence-corrected chi connectivity index (χ2v) is 10.6. The van der Waals surface area contributed by atoms with Crippen LogP contribution in [0.5, 0.6) is 0 Å². The van der Waals surface area contributed by atoms with Gasteiger partial charge in [0.25, 0.3) is 0 Å². The molecule has 0 aromatic carbocycles. The molecule has 0 radical (unpaired) electrons. The van der Waals surface area contributed by atoms with Gasteiger partial charge in [0.15, 0.2) is 5.96 Å². The maximum absolute atomic E-state index is 6.18. The van der Waals surface area contributed by atoms with E-state index in [4.69, 9.17) is 9.47 Å². The monoisotopic (exact) mass is 422 g/mol. The summed E-state index contributed by atoms with van der Waals surface area (Å²) in [5.41, 5.74) is 0.125. The van der Waals surface area contributed by atoms with Gasteiger partial charge in [0.05, 0.1) is 18.8 Å². The van der Waals surface area contributed by atoms with Crippen molar-refractivity contribution in [3.63, 3.8) is 0 Å². The highest BCUT2D eigenvalue weighted by molar-refractivity contribution is 5.80. The van der Waals surface area contributed by atoms with Crippen molar-refractivity contribution in [2.24, 2.45) is 16.8 Å². The van der Waals surface area contributed by atoms with E-state index in [-0.39, 0.29) is 5.54 Å². The maximum atomic E-state index is 6.18. The summed E-state index contributed by atoms with van der Waals surface area (Å²) in [5.74, 6) is 2.60. The first-order valence-electron chi connectivity index (χ1n) is 12.3. The van der Waals surface area contributed by atoms with E-state index in [0.717, 1.165) is 69.9 Å². The molecule has 3 heterocycles. The molecule has 3 aliphatic heterocycles. The number of hydrogen-bond acceptors (Lipinski definition) is 4. The average molecular weight is 423 g/mol. The molecule has 0 amide bonds. The Balaban J connectivity index is 1.41. The summed E-state index contributed by atoms with van der Waals surface area (Å²) in [6, 6.07) is 0. The average Bonchev–Trinajstić information content (AvgIpc) is 2.73. The Labute approximate surface area is 184 Å². The molecule has 1 N–H and O–H groups in total. The van der Waals surface area contributed by atoms with Gasteiger partial charge in [0, 0.05) is 51.9 Å². The summed E-state index contributed by atoms with van der Waals surface area (Å²) in [6.45, 7) is 16.5. The molecule has 3 aliphatic rings. The van der Waals surface area contributed by atoms with Crippen molar-refractivity contribution in [2.75, 3.05) is 53.0 Å². The minimum absolute atomic E-state index is 0.125. The van der Waals surface area contributed by atoms with Gasteiger partial charge in [0.1, 0.15) is 0 Å². The van der Waals surface area contributed by atoms with Crippen LogP contribution in [-0.2, 0) is 9.47 Å². The Morgan fingerprint density at radius 1 is 1.10 bits per heavy atom. The van der Waals surface area contributed by atoms with Crippen LogP contribution in [0, 0.1) is 11.8 Å². The summed E-state index contributed by atoms with van der Waals surface area (Å²) in [5, 5.41) is 3.68. The second kappa shape index (κ2) is 11.1. The molecule has 6 nitrogen and oxygen atoms in total. The SMILES string of the molecule is CN=C(NCC(C)(C)N1CC(C)CC(C)C1)N1CCC(OCC2CCCCO2)CC1. The zero-order chi connectivity index (χ0) is 21.6. The molecule has 3 saturated heterocycles. The summed E-state index contributed by atoms with van der Waals surface area (Å²) in [6.07, 6.45) is 7.79. The van der Waals surface area contributed by atoms with Gasteiger partial charge >= 0.3 is 0 Å². The molecule has 0 aliphatic carbocycles. The first kappa shape index (κ1) is 23.8. The lowest BCUT2D eigenvalue weighted by Gasteiger charge is -2.46. The fourth-order valence-corrected chi connectivity index (χ4v) is 5.31. The van der Waals surface area contributed by atoms with Crippen molar-refractivity contribution in [3.05, 3.63) is 0 Å². The lowest BCUT2D eigenvalue weighted by molar-refractivity contribution is -0.0721. The number of likely N-dealkylation sites (tertiary alicyclic amines) is 2. The zero-order valence-electron chi connectivity index (χ0n) is 20.2. The van der Waals surface area contributed by atoms with Crippen LogP contribution in [0.2, 0.25) is 0 Å². The van der Waals surface area contributed by atoms with Crippen LogP contribution in [0.4, 0.5) is 0 Å². The summed E-state index contributed by atoms with van der Waals surface area (Å²) in [4.78, 5) is 9.65. The molecule has 3 rings (SSSR count). The molecule has 174 valence electrons. The molecule has 0 bridgehead atoms. The van der Waals surface area contributed by atoms with E-state index in [9.17, 15) is 0 Å².